The number of carbonyl (C=O) groups is 1. The summed E-state index contributed by atoms with van der Waals surface area (Å²) in [6.45, 7) is 3.88. The summed E-state index contributed by atoms with van der Waals surface area (Å²) in [6.07, 6.45) is 3.44. The van der Waals surface area contributed by atoms with Gasteiger partial charge in [0.15, 0.2) is 0 Å². The summed E-state index contributed by atoms with van der Waals surface area (Å²) in [4.78, 5) is 13.5. The van der Waals surface area contributed by atoms with Crippen molar-refractivity contribution in [3.63, 3.8) is 0 Å². The van der Waals surface area contributed by atoms with Crippen molar-refractivity contribution in [3.05, 3.63) is 0 Å². The standard InChI is InChI=1S/C13H26N2O3S/c1-4-19(18)12-8-6-5-7-11(12)14-13(17)15(3)9-10(2)16/h10-12,16H,4-9H2,1-3H3,(H,14,17). The van der Waals surface area contributed by atoms with Crippen molar-refractivity contribution in [1.29, 1.82) is 0 Å². The van der Waals surface area contributed by atoms with Gasteiger partial charge in [-0.05, 0) is 19.8 Å². The lowest BCUT2D eigenvalue weighted by Gasteiger charge is -2.32. The van der Waals surface area contributed by atoms with E-state index in [1.807, 2.05) is 6.92 Å². The van der Waals surface area contributed by atoms with Crippen molar-refractivity contribution in [2.45, 2.75) is 56.9 Å². The molecule has 1 rings (SSSR count). The van der Waals surface area contributed by atoms with Crippen molar-refractivity contribution < 1.29 is 14.1 Å². The molecule has 0 aliphatic heterocycles. The van der Waals surface area contributed by atoms with Crippen LogP contribution in [0.15, 0.2) is 0 Å². The molecule has 1 saturated carbocycles. The van der Waals surface area contributed by atoms with Gasteiger partial charge in [-0.3, -0.25) is 4.21 Å². The van der Waals surface area contributed by atoms with Crippen LogP contribution < -0.4 is 5.32 Å². The van der Waals surface area contributed by atoms with Crippen LogP contribution in [0.5, 0.6) is 0 Å². The highest BCUT2D eigenvalue weighted by molar-refractivity contribution is 7.85. The minimum Gasteiger partial charge on any atom is -0.392 e. The molecule has 4 atom stereocenters. The van der Waals surface area contributed by atoms with Gasteiger partial charge in [-0.25, -0.2) is 4.79 Å². The van der Waals surface area contributed by atoms with E-state index in [-0.39, 0.29) is 17.3 Å². The third kappa shape index (κ3) is 5.10. The van der Waals surface area contributed by atoms with E-state index in [0.29, 0.717) is 12.3 Å². The normalized spacial score (nSPS) is 26.5. The summed E-state index contributed by atoms with van der Waals surface area (Å²) in [5, 5.41) is 12.3. The number of aliphatic hydroxyl groups is 1. The van der Waals surface area contributed by atoms with Crippen LogP contribution in [0.25, 0.3) is 0 Å². The molecule has 0 saturated heterocycles. The largest absolute Gasteiger partial charge is 0.392 e. The topological polar surface area (TPSA) is 69.6 Å². The predicted molar refractivity (Wildman–Crippen MR) is 77.6 cm³/mol. The molecule has 19 heavy (non-hydrogen) atoms. The van der Waals surface area contributed by atoms with Crippen molar-refractivity contribution in [2.24, 2.45) is 0 Å². The number of rotatable bonds is 5. The van der Waals surface area contributed by atoms with Gasteiger partial charge in [0.25, 0.3) is 0 Å². The molecule has 6 heteroatoms. The molecule has 1 aliphatic rings. The molecule has 1 fully saturated rings. The van der Waals surface area contributed by atoms with E-state index >= 15 is 0 Å². The van der Waals surface area contributed by atoms with Crippen molar-refractivity contribution in [1.82, 2.24) is 10.2 Å². The zero-order valence-electron chi connectivity index (χ0n) is 12.1. The minimum absolute atomic E-state index is 0.00141. The highest BCUT2D eigenvalue weighted by Gasteiger charge is 2.30. The zero-order chi connectivity index (χ0) is 14.4. The number of hydrogen-bond acceptors (Lipinski definition) is 3. The van der Waals surface area contributed by atoms with Crippen LogP contribution in [0.3, 0.4) is 0 Å². The molecule has 0 radical (unpaired) electrons. The maximum Gasteiger partial charge on any atom is 0.317 e. The second-order valence-electron chi connectivity index (χ2n) is 5.28. The second kappa shape index (κ2) is 7.85. The maximum atomic E-state index is 12.0. The number of urea groups is 1. The summed E-state index contributed by atoms with van der Waals surface area (Å²) in [5.74, 6) is 0.639. The molecule has 112 valence electrons. The summed E-state index contributed by atoms with van der Waals surface area (Å²) in [5.41, 5.74) is 0. The number of nitrogens with zero attached hydrogens (tertiary/aromatic N) is 1. The van der Waals surface area contributed by atoms with Crippen molar-refractivity contribution in [2.75, 3.05) is 19.3 Å². The van der Waals surface area contributed by atoms with Crippen LogP contribution in [-0.2, 0) is 10.8 Å². The molecule has 2 N–H and O–H groups in total. The summed E-state index contributed by atoms with van der Waals surface area (Å²) in [6, 6.07) is -0.190. The lowest BCUT2D eigenvalue weighted by atomic mass is 9.95. The Hall–Kier alpha value is -0.620. The molecule has 1 aliphatic carbocycles. The number of hydrogen-bond donors (Lipinski definition) is 2. The van der Waals surface area contributed by atoms with Crippen LogP contribution in [0, 0.1) is 0 Å². The Bertz CT molecular complexity index is 323. The first-order valence-electron chi connectivity index (χ1n) is 7.02. The molecule has 5 nitrogen and oxygen atoms in total. The van der Waals surface area contributed by atoms with Gasteiger partial charge in [-0.15, -0.1) is 0 Å². The van der Waals surface area contributed by atoms with E-state index in [2.05, 4.69) is 5.32 Å². The van der Waals surface area contributed by atoms with Gasteiger partial charge in [0.1, 0.15) is 0 Å². The lowest BCUT2D eigenvalue weighted by molar-refractivity contribution is 0.141. The van der Waals surface area contributed by atoms with Gasteiger partial charge >= 0.3 is 6.03 Å². The van der Waals surface area contributed by atoms with Crippen molar-refractivity contribution >= 4 is 16.8 Å². The van der Waals surface area contributed by atoms with E-state index in [9.17, 15) is 14.1 Å². The Morgan fingerprint density at radius 1 is 1.47 bits per heavy atom. The first-order chi connectivity index (χ1) is 8.95. The SMILES string of the molecule is CCS(=O)C1CCCCC1NC(=O)N(C)CC(C)O. The van der Waals surface area contributed by atoms with Crippen LogP contribution >= 0.6 is 0 Å². The van der Waals surface area contributed by atoms with Gasteiger partial charge < -0.3 is 15.3 Å². The number of nitrogens with one attached hydrogen (secondary N) is 1. The average molecular weight is 290 g/mol. The lowest BCUT2D eigenvalue weighted by Crippen LogP contribution is -2.51. The van der Waals surface area contributed by atoms with Crippen LogP contribution in [0.1, 0.15) is 39.5 Å². The van der Waals surface area contributed by atoms with Crippen LogP contribution in [0.2, 0.25) is 0 Å². The highest BCUT2D eigenvalue weighted by atomic mass is 32.2. The number of carbonyl (C=O) groups excluding carboxylic acids is 1. The molecule has 0 spiro atoms. The molecule has 0 aromatic carbocycles. The third-order valence-electron chi connectivity index (χ3n) is 3.52. The summed E-state index contributed by atoms with van der Waals surface area (Å²) >= 11 is 0. The fourth-order valence-corrected chi connectivity index (χ4v) is 3.97. The minimum atomic E-state index is -0.867. The fraction of sp³-hybridized carbons (Fsp3) is 0.923. The van der Waals surface area contributed by atoms with Gasteiger partial charge in [0.05, 0.1) is 11.4 Å². The van der Waals surface area contributed by atoms with E-state index in [1.54, 1.807) is 14.0 Å². The van der Waals surface area contributed by atoms with Gasteiger partial charge in [-0.1, -0.05) is 19.8 Å². The number of amides is 2. The van der Waals surface area contributed by atoms with E-state index in [4.69, 9.17) is 0 Å². The Balaban J connectivity index is 2.57. The Kier molecular flexibility index (Phi) is 6.79. The van der Waals surface area contributed by atoms with E-state index in [0.717, 1.165) is 25.7 Å². The molecule has 0 aromatic heterocycles. The number of aliphatic hydroxyl groups excluding tert-OH is 1. The first kappa shape index (κ1) is 16.4. The first-order valence-corrected chi connectivity index (χ1v) is 8.40. The van der Waals surface area contributed by atoms with Crippen LogP contribution in [-0.4, -0.2) is 57.0 Å². The van der Waals surface area contributed by atoms with Gasteiger partial charge in [-0.2, -0.15) is 0 Å². The molecule has 0 heterocycles. The van der Waals surface area contributed by atoms with Gasteiger partial charge in [0.2, 0.25) is 0 Å². The summed E-state index contributed by atoms with van der Waals surface area (Å²) < 4.78 is 12.0. The molecular weight excluding hydrogens is 264 g/mol. The molecule has 4 unspecified atom stereocenters. The number of likely N-dealkylation sites (N-methyl/N-ethyl adjacent to an activating group) is 1. The second-order valence-corrected chi connectivity index (χ2v) is 7.22. The molecular formula is C13H26N2O3S. The van der Waals surface area contributed by atoms with Crippen molar-refractivity contribution in [3.8, 4) is 0 Å². The average Bonchev–Trinajstić information content (AvgIpc) is 2.37. The van der Waals surface area contributed by atoms with Gasteiger partial charge in [0, 0.05) is 36.2 Å². The Morgan fingerprint density at radius 2 is 2.11 bits per heavy atom. The van der Waals surface area contributed by atoms with Crippen LogP contribution in [0.4, 0.5) is 4.79 Å². The smallest absolute Gasteiger partial charge is 0.317 e. The monoisotopic (exact) mass is 290 g/mol. The Labute approximate surface area is 118 Å². The maximum absolute atomic E-state index is 12.0. The highest BCUT2D eigenvalue weighted by Crippen LogP contribution is 2.23. The fourth-order valence-electron chi connectivity index (χ4n) is 2.54. The van der Waals surface area contributed by atoms with E-state index in [1.165, 1.54) is 4.90 Å². The quantitative estimate of drug-likeness (QED) is 0.796. The molecule has 0 aromatic rings. The summed E-state index contributed by atoms with van der Waals surface area (Å²) in [7, 11) is 0.797. The third-order valence-corrected chi connectivity index (χ3v) is 5.33. The van der Waals surface area contributed by atoms with E-state index < -0.39 is 16.9 Å². The predicted octanol–water partition coefficient (Wildman–Crippen LogP) is 1.09. The zero-order valence-corrected chi connectivity index (χ0v) is 12.9. The molecule has 2 amide bonds. The molecule has 0 bridgehead atoms. The Morgan fingerprint density at radius 3 is 2.68 bits per heavy atom.